The molecule has 6 heteroatoms. The molecule has 3 rings (SSSR count). The molecule has 24 heavy (non-hydrogen) atoms. The first-order chi connectivity index (χ1) is 11.7. The topological polar surface area (TPSA) is 60.4 Å². The van der Waals surface area contributed by atoms with Crippen LogP contribution in [0, 0.1) is 0 Å². The van der Waals surface area contributed by atoms with Gasteiger partial charge in [0.25, 0.3) is 5.91 Å². The molecule has 1 fully saturated rings. The number of aliphatic imine (C=N–C) groups is 1. The summed E-state index contributed by atoms with van der Waals surface area (Å²) < 4.78 is 16.0. The van der Waals surface area contributed by atoms with Crippen LogP contribution in [0.25, 0.3) is 6.08 Å². The lowest BCUT2D eigenvalue weighted by Gasteiger charge is -2.14. The molecular formula is C18H22N2O4. The molecule has 1 aromatic rings. The van der Waals surface area contributed by atoms with Crippen molar-refractivity contribution in [2.45, 2.75) is 25.7 Å². The Morgan fingerprint density at radius 1 is 1.04 bits per heavy atom. The molecule has 128 valence electrons. The Balaban J connectivity index is 1.98. The monoisotopic (exact) mass is 330 g/mol. The van der Waals surface area contributed by atoms with Gasteiger partial charge in [-0.2, -0.15) is 0 Å². The summed E-state index contributed by atoms with van der Waals surface area (Å²) >= 11 is 0. The Morgan fingerprint density at radius 3 is 2.38 bits per heavy atom. The number of hydrogen-bond donors (Lipinski definition) is 0. The van der Waals surface area contributed by atoms with Crippen LogP contribution < -0.4 is 14.2 Å². The SMILES string of the molecule is COc1cc(/C=C2\N=C3CCCCCN3C2=O)cc(OC)c1OC. The minimum atomic E-state index is -0.0272. The molecule has 0 spiro atoms. The molecule has 0 bridgehead atoms. The Kier molecular flexibility index (Phi) is 4.74. The van der Waals surface area contributed by atoms with Crippen LogP contribution in [0.2, 0.25) is 0 Å². The van der Waals surface area contributed by atoms with E-state index in [-0.39, 0.29) is 5.91 Å². The van der Waals surface area contributed by atoms with E-state index in [1.165, 1.54) is 0 Å². The molecule has 0 atom stereocenters. The number of rotatable bonds is 4. The summed E-state index contributed by atoms with van der Waals surface area (Å²) in [5.74, 6) is 2.49. The molecule has 1 aromatic carbocycles. The zero-order valence-electron chi connectivity index (χ0n) is 14.3. The second-order valence-electron chi connectivity index (χ2n) is 5.78. The maximum atomic E-state index is 12.6. The van der Waals surface area contributed by atoms with Gasteiger partial charge in [0.1, 0.15) is 11.5 Å². The average molecular weight is 330 g/mol. The van der Waals surface area contributed by atoms with Gasteiger partial charge in [0.2, 0.25) is 5.75 Å². The van der Waals surface area contributed by atoms with Crippen molar-refractivity contribution in [2.24, 2.45) is 4.99 Å². The molecule has 1 saturated heterocycles. The molecule has 0 unspecified atom stereocenters. The summed E-state index contributed by atoms with van der Waals surface area (Å²) in [6.07, 6.45) is 5.89. The van der Waals surface area contributed by atoms with Gasteiger partial charge in [-0.3, -0.25) is 9.69 Å². The summed E-state index contributed by atoms with van der Waals surface area (Å²) in [6, 6.07) is 3.62. The van der Waals surface area contributed by atoms with Crippen LogP contribution in [-0.4, -0.2) is 44.5 Å². The maximum absolute atomic E-state index is 12.6. The van der Waals surface area contributed by atoms with E-state index in [0.29, 0.717) is 22.9 Å². The fraction of sp³-hybridized carbons (Fsp3) is 0.444. The van der Waals surface area contributed by atoms with Crippen LogP contribution in [-0.2, 0) is 4.79 Å². The van der Waals surface area contributed by atoms with Crippen LogP contribution in [0.1, 0.15) is 31.2 Å². The molecule has 0 N–H and O–H groups in total. The summed E-state index contributed by atoms with van der Waals surface area (Å²) in [5.41, 5.74) is 1.25. The number of amides is 1. The third-order valence-corrected chi connectivity index (χ3v) is 4.30. The van der Waals surface area contributed by atoms with Gasteiger partial charge in [-0.05, 0) is 36.6 Å². The molecule has 2 aliphatic rings. The van der Waals surface area contributed by atoms with Gasteiger partial charge in [0.05, 0.1) is 21.3 Å². The molecule has 2 aliphatic heterocycles. The van der Waals surface area contributed by atoms with Crippen LogP contribution in [0.5, 0.6) is 17.2 Å². The van der Waals surface area contributed by atoms with Crippen LogP contribution in [0.15, 0.2) is 22.8 Å². The first kappa shape index (κ1) is 16.4. The van der Waals surface area contributed by atoms with Gasteiger partial charge in [0.15, 0.2) is 11.5 Å². The summed E-state index contributed by atoms with van der Waals surface area (Å²) in [6.45, 7) is 0.754. The molecule has 6 nitrogen and oxygen atoms in total. The van der Waals surface area contributed by atoms with Gasteiger partial charge in [-0.1, -0.05) is 6.42 Å². The van der Waals surface area contributed by atoms with Gasteiger partial charge in [-0.25, -0.2) is 4.99 Å². The number of fused-ring (bicyclic) bond motifs is 1. The zero-order chi connectivity index (χ0) is 17.1. The van der Waals surface area contributed by atoms with E-state index in [1.807, 2.05) is 12.1 Å². The molecule has 0 aromatic heterocycles. The minimum Gasteiger partial charge on any atom is -0.493 e. The van der Waals surface area contributed by atoms with E-state index >= 15 is 0 Å². The van der Waals surface area contributed by atoms with Crippen molar-refractivity contribution in [3.8, 4) is 17.2 Å². The van der Waals surface area contributed by atoms with Crippen molar-refractivity contribution in [1.82, 2.24) is 4.90 Å². The summed E-state index contributed by atoms with van der Waals surface area (Å²) in [4.78, 5) is 18.9. The first-order valence-electron chi connectivity index (χ1n) is 8.09. The number of methoxy groups -OCH3 is 3. The number of benzene rings is 1. The number of hydrogen-bond acceptors (Lipinski definition) is 5. The lowest BCUT2D eigenvalue weighted by molar-refractivity contribution is -0.122. The smallest absolute Gasteiger partial charge is 0.277 e. The standard InChI is InChI=1S/C18H22N2O4/c1-22-14-10-12(11-15(23-2)17(14)24-3)9-13-18(21)20-8-6-4-5-7-16(20)19-13/h9-11H,4-8H2,1-3H3/b13-9-. The molecular weight excluding hydrogens is 308 g/mol. The van der Waals surface area contributed by atoms with Crippen molar-refractivity contribution in [3.63, 3.8) is 0 Å². The number of amidine groups is 1. The quantitative estimate of drug-likeness (QED) is 0.797. The fourth-order valence-corrected chi connectivity index (χ4v) is 3.09. The maximum Gasteiger partial charge on any atom is 0.277 e. The van der Waals surface area contributed by atoms with E-state index in [9.17, 15) is 4.79 Å². The van der Waals surface area contributed by atoms with Crippen molar-refractivity contribution < 1.29 is 19.0 Å². The van der Waals surface area contributed by atoms with E-state index in [4.69, 9.17) is 14.2 Å². The Labute approximate surface area is 141 Å². The van der Waals surface area contributed by atoms with Gasteiger partial charge in [-0.15, -0.1) is 0 Å². The predicted molar refractivity (Wildman–Crippen MR) is 91.7 cm³/mol. The van der Waals surface area contributed by atoms with Gasteiger partial charge >= 0.3 is 0 Å². The molecule has 0 saturated carbocycles. The molecule has 0 radical (unpaired) electrons. The summed E-state index contributed by atoms with van der Waals surface area (Å²) in [7, 11) is 4.70. The summed E-state index contributed by atoms with van der Waals surface area (Å²) in [5, 5.41) is 0. The number of nitrogens with zero attached hydrogens (tertiary/aromatic N) is 2. The lowest BCUT2D eigenvalue weighted by atomic mass is 10.1. The average Bonchev–Trinajstić information content (AvgIpc) is 2.78. The third-order valence-electron chi connectivity index (χ3n) is 4.30. The van der Waals surface area contributed by atoms with E-state index < -0.39 is 0 Å². The normalized spacial score (nSPS) is 19.0. The predicted octanol–water partition coefficient (Wildman–Crippen LogP) is 2.87. The highest BCUT2D eigenvalue weighted by Crippen LogP contribution is 2.39. The Hall–Kier alpha value is -2.50. The lowest BCUT2D eigenvalue weighted by Crippen LogP contribution is -2.31. The fourth-order valence-electron chi connectivity index (χ4n) is 3.09. The minimum absolute atomic E-state index is 0.0272. The van der Waals surface area contributed by atoms with Crippen molar-refractivity contribution in [2.75, 3.05) is 27.9 Å². The van der Waals surface area contributed by atoms with Gasteiger partial charge in [0, 0.05) is 13.0 Å². The van der Waals surface area contributed by atoms with Crippen LogP contribution in [0.4, 0.5) is 0 Å². The second kappa shape index (κ2) is 6.95. The first-order valence-corrected chi connectivity index (χ1v) is 8.09. The molecule has 2 heterocycles. The highest BCUT2D eigenvalue weighted by molar-refractivity contribution is 6.14. The second-order valence-corrected chi connectivity index (χ2v) is 5.78. The number of ether oxygens (including phenoxy) is 3. The van der Waals surface area contributed by atoms with Crippen LogP contribution >= 0.6 is 0 Å². The van der Waals surface area contributed by atoms with Crippen molar-refractivity contribution in [1.29, 1.82) is 0 Å². The Morgan fingerprint density at radius 2 is 1.75 bits per heavy atom. The zero-order valence-corrected chi connectivity index (χ0v) is 14.3. The van der Waals surface area contributed by atoms with Gasteiger partial charge < -0.3 is 14.2 Å². The highest BCUT2D eigenvalue weighted by Gasteiger charge is 2.30. The molecule has 1 amide bonds. The Bertz CT molecular complexity index is 684. The van der Waals surface area contributed by atoms with E-state index in [2.05, 4.69) is 4.99 Å². The third kappa shape index (κ3) is 2.96. The number of carbonyl (C=O) groups excluding carboxylic acids is 1. The van der Waals surface area contributed by atoms with Crippen molar-refractivity contribution in [3.05, 3.63) is 23.4 Å². The van der Waals surface area contributed by atoms with Crippen molar-refractivity contribution >= 4 is 17.8 Å². The molecule has 0 aliphatic carbocycles. The largest absolute Gasteiger partial charge is 0.493 e. The van der Waals surface area contributed by atoms with Crippen LogP contribution in [0.3, 0.4) is 0 Å². The van der Waals surface area contributed by atoms with E-state index in [0.717, 1.165) is 43.6 Å². The van der Waals surface area contributed by atoms with E-state index in [1.54, 1.807) is 32.3 Å². The number of carbonyl (C=O) groups is 1. The highest BCUT2D eigenvalue weighted by atomic mass is 16.5.